The molecule has 4 rings (SSSR count). The summed E-state index contributed by atoms with van der Waals surface area (Å²) in [6.07, 6.45) is -0.510. The second-order valence-electron chi connectivity index (χ2n) is 10.7. The van der Waals surface area contributed by atoms with Gasteiger partial charge in [-0.05, 0) is 50.1 Å². The van der Waals surface area contributed by atoms with Crippen LogP contribution in [0.3, 0.4) is 0 Å². The SMILES string of the molecule is C[C@]1(O)CNC(C(=O)N(c2ccc(S(F)(F)(F)(F)F)cc2)C(C(=O)NC2CCC(F)(F)CC2)c2cccnc2F)C1. The van der Waals surface area contributed by atoms with Crippen molar-refractivity contribution in [3.8, 4) is 0 Å². The molecule has 228 valence electrons. The molecule has 1 saturated heterocycles. The summed E-state index contributed by atoms with van der Waals surface area (Å²) in [5.41, 5.74) is -2.34. The monoisotopic (exact) mass is 616 g/mol. The van der Waals surface area contributed by atoms with Crippen LogP contribution in [0.1, 0.15) is 50.6 Å². The van der Waals surface area contributed by atoms with E-state index in [4.69, 9.17) is 0 Å². The van der Waals surface area contributed by atoms with Crippen molar-refractivity contribution in [2.24, 2.45) is 0 Å². The normalized spacial score (nSPS) is 25.6. The second kappa shape index (κ2) is 9.80. The number of pyridine rings is 1. The van der Waals surface area contributed by atoms with E-state index in [2.05, 4.69) is 15.6 Å². The molecule has 2 fully saturated rings. The topological polar surface area (TPSA) is 94.6 Å². The highest BCUT2D eigenvalue weighted by Gasteiger charge is 2.65. The molecule has 1 aromatic carbocycles. The van der Waals surface area contributed by atoms with E-state index in [0.717, 1.165) is 12.3 Å². The number of hydrogen-bond donors (Lipinski definition) is 3. The van der Waals surface area contributed by atoms with Gasteiger partial charge in [-0.25, -0.2) is 13.8 Å². The Kier molecular flexibility index (Phi) is 7.40. The number of aliphatic hydroxyl groups is 1. The van der Waals surface area contributed by atoms with Crippen LogP contribution in [0.2, 0.25) is 0 Å². The lowest BCUT2D eigenvalue weighted by Crippen LogP contribution is -2.52. The first-order chi connectivity index (χ1) is 18.7. The summed E-state index contributed by atoms with van der Waals surface area (Å²) in [7, 11) is -10.1. The number of carbonyl (C=O) groups excluding carboxylic acids is 2. The zero-order valence-corrected chi connectivity index (χ0v) is 22.4. The van der Waals surface area contributed by atoms with E-state index in [1.54, 1.807) is 0 Å². The van der Waals surface area contributed by atoms with Gasteiger partial charge in [0, 0.05) is 49.3 Å². The summed E-state index contributed by atoms with van der Waals surface area (Å²) in [5.74, 6) is -6.19. The molecule has 16 heteroatoms. The number of amides is 2. The largest absolute Gasteiger partial charge is 0.389 e. The predicted octanol–water partition coefficient (Wildman–Crippen LogP) is 5.76. The van der Waals surface area contributed by atoms with Gasteiger partial charge in [-0.15, -0.1) is 0 Å². The standard InChI is InChI=1S/C25H28F8N4O3S/c1-24(40)13-19(35-14-24)23(39)37(16-4-6-17(7-5-16)41(29,30,31,32)33)20(18-3-2-12-34-21(18)26)22(38)36-15-8-10-25(27,28)11-9-15/h2-7,12,15,19-20,35,40H,8-11,13-14H2,1H3,(H,36,38)/t19?,20?,24-/m1/s1. The van der Waals surface area contributed by atoms with Gasteiger partial charge in [0.2, 0.25) is 23.7 Å². The van der Waals surface area contributed by atoms with E-state index < -0.39 is 86.6 Å². The molecular formula is C25H28F8N4O3S. The van der Waals surface area contributed by atoms with Crippen molar-refractivity contribution in [3.05, 3.63) is 54.1 Å². The fourth-order valence-corrected chi connectivity index (χ4v) is 5.65. The van der Waals surface area contributed by atoms with Crippen molar-refractivity contribution in [1.29, 1.82) is 0 Å². The van der Waals surface area contributed by atoms with Gasteiger partial charge in [-0.2, -0.15) is 4.39 Å². The first kappa shape index (κ1) is 31.0. The Morgan fingerprint density at radius 2 is 1.71 bits per heavy atom. The van der Waals surface area contributed by atoms with Crippen molar-refractivity contribution in [2.75, 3.05) is 11.4 Å². The molecule has 7 nitrogen and oxygen atoms in total. The third-order valence-electron chi connectivity index (χ3n) is 7.12. The molecule has 2 aliphatic rings. The number of carbonyl (C=O) groups is 2. The number of nitrogens with zero attached hydrogens (tertiary/aromatic N) is 2. The first-order valence-corrected chi connectivity index (χ1v) is 14.5. The van der Waals surface area contributed by atoms with Crippen molar-refractivity contribution in [2.45, 2.75) is 73.6 Å². The van der Waals surface area contributed by atoms with Crippen molar-refractivity contribution in [3.63, 3.8) is 0 Å². The maximum Gasteiger partial charge on any atom is 0.310 e. The number of halogens is 8. The van der Waals surface area contributed by atoms with Crippen LogP contribution < -0.4 is 15.5 Å². The number of anilines is 1. The number of alkyl halides is 2. The van der Waals surface area contributed by atoms with Crippen LogP contribution >= 0.6 is 10.2 Å². The van der Waals surface area contributed by atoms with Crippen molar-refractivity contribution >= 4 is 27.7 Å². The van der Waals surface area contributed by atoms with Crippen LogP contribution in [0.4, 0.5) is 38.3 Å². The maximum absolute atomic E-state index is 15.0. The molecule has 2 unspecified atom stereocenters. The van der Waals surface area contributed by atoms with Gasteiger partial charge in [-0.3, -0.25) is 14.5 Å². The van der Waals surface area contributed by atoms with Gasteiger partial charge in [0.1, 0.15) is 10.9 Å². The molecule has 0 spiro atoms. The van der Waals surface area contributed by atoms with E-state index in [-0.39, 0.29) is 37.9 Å². The van der Waals surface area contributed by atoms with E-state index >= 15 is 4.39 Å². The minimum Gasteiger partial charge on any atom is -0.389 e. The maximum atomic E-state index is 15.0. The number of hydrogen-bond acceptors (Lipinski definition) is 5. The summed E-state index contributed by atoms with van der Waals surface area (Å²) in [6.45, 7) is 1.33. The van der Waals surface area contributed by atoms with Gasteiger partial charge >= 0.3 is 10.2 Å². The number of nitrogens with one attached hydrogen (secondary N) is 2. The lowest BCUT2D eigenvalue weighted by atomic mass is 9.91. The van der Waals surface area contributed by atoms with Crippen LogP contribution in [0.15, 0.2) is 47.5 Å². The average molecular weight is 617 g/mol. The minimum atomic E-state index is -10.1. The molecule has 1 aromatic heterocycles. The Bertz CT molecular complexity index is 1320. The average Bonchev–Trinajstić information content (AvgIpc) is 3.22. The molecule has 41 heavy (non-hydrogen) atoms. The summed E-state index contributed by atoms with van der Waals surface area (Å²) in [4.78, 5) is 29.4. The molecule has 1 aliphatic carbocycles. The lowest BCUT2D eigenvalue weighted by molar-refractivity contribution is -0.128. The highest BCUT2D eigenvalue weighted by molar-refractivity contribution is 8.45. The Balaban J connectivity index is 1.80. The molecule has 1 saturated carbocycles. The Hall–Kier alpha value is -2.98. The quantitative estimate of drug-likeness (QED) is 0.272. The summed E-state index contributed by atoms with van der Waals surface area (Å²) >= 11 is 0. The third kappa shape index (κ3) is 7.27. The number of rotatable bonds is 7. The van der Waals surface area contributed by atoms with Crippen LogP contribution in [0.25, 0.3) is 0 Å². The molecule has 3 atom stereocenters. The summed E-state index contributed by atoms with van der Waals surface area (Å²) in [5, 5.41) is 15.6. The van der Waals surface area contributed by atoms with Gasteiger partial charge < -0.3 is 15.7 Å². The van der Waals surface area contributed by atoms with E-state index in [0.29, 0.717) is 17.0 Å². The van der Waals surface area contributed by atoms with E-state index in [1.807, 2.05) is 0 Å². The minimum absolute atomic E-state index is 0.0488. The van der Waals surface area contributed by atoms with Crippen LogP contribution in [0.5, 0.6) is 0 Å². The van der Waals surface area contributed by atoms with Gasteiger partial charge in [0.15, 0.2) is 0 Å². The van der Waals surface area contributed by atoms with E-state index in [9.17, 15) is 42.9 Å². The highest BCUT2D eigenvalue weighted by atomic mass is 32.5. The van der Waals surface area contributed by atoms with E-state index in [1.165, 1.54) is 13.0 Å². The molecule has 3 N–H and O–H groups in total. The lowest BCUT2D eigenvalue weighted by Gasteiger charge is -2.41. The summed E-state index contributed by atoms with van der Waals surface area (Å²) in [6, 6.07) is -0.397. The van der Waals surface area contributed by atoms with Gasteiger partial charge in [-0.1, -0.05) is 25.5 Å². The van der Waals surface area contributed by atoms with Gasteiger partial charge in [0.25, 0.3) is 0 Å². The molecule has 0 bridgehead atoms. The molecule has 2 amide bonds. The van der Waals surface area contributed by atoms with Crippen LogP contribution in [0, 0.1) is 5.95 Å². The molecular weight excluding hydrogens is 588 g/mol. The molecule has 0 radical (unpaired) electrons. The zero-order chi connectivity index (χ0) is 30.5. The molecule has 2 aromatic rings. The fraction of sp³-hybridized carbons (Fsp3) is 0.480. The highest BCUT2D eigenvalue weighted by Crippen LogP contribution is 3.02. The van der Waals surface area contributed by atoms with Crippen molar-refractivity contribution in [1.82, 2.24) is 15.6 Å². The van der Waals surface area contributed by atoms with Crippen LogP contribution in [-0.4, -0.2) is 52.1 Å². The predicted molar refractivity (Wildman–Crippen MR) is 135 cm³/mol. The second-order valence-corrected chi connectivity index (χ2v) is 13.1. The molecule has 1 aliphatic heterocycles. The number of β-amino-alcohol motifs (C(OH)–C–C–N with tert-alkyl or cyclic N) is 1. The van der Waals surface area contributed by atoms with Crippen molar-refractivity contribution < 1.29 is 47.3 Å². The zero-order valence-electron chi connectivity index (χ0n) is 21.6. The van der Waals surface area contributed by atoms with Gasteiger partial charge in [0.05, 0.1) is 11.6 Å². The molecule has 2 heterocycles. The Labute approximate surface area is 230 Å². The Morgan fingerprint density at radius 3 is 2.22 bits per heavy atom. The Morgan fingerprint density at radius 1 is 1.10 bits per heavy atom. The number of benzene rings is 1. The first-order valence-electron chi connectivity index (χ1n) is 12.6. The van der Waals surface area contributed by atoms with Crippen LogP contribution in [-0.2, 0) is 9.59 Å². The smallest absolute Gasteiger partial charge is 0.310 e. The summed E-state index contributed by atoms with van der Waals surface area (Å²) < 4.78 is 109. The fourth-order valence-electron chi connectivity index (χ4n) is 5.00. The third-order valence-corrected chi connectivity index (χ3v) is 8.28. The number of aromatic nitrogens is 1.